The summed E-state index contributed by atoms with van der Waals surface area (Å²) < 4.78 is 4.79. The van der Waals surface area contributed by atoms with Crippen molar-refractivity contribution in [3.63, 3.8) is 0 Å². The quantitative estimate of drug-likeness (QED) is 0.620. The molecule has 0 saturated carbocycles. The number of hydrazine groups is 1. The van der Waals surface area contributed by atoms with Crippen molar-refractivity contribution in [1.82, 2.24) is 15.8 Å². The first kappa shape index (κ1) is 12.0. The molecule has 0 aliphatic carbocycles. The van der Waals surface area contributed by atoms with Crippen LogP contribution in [0.15, 0.2) is 53.5 Å². The second-order valence-electron chi connectivity index (χ2n) is 4.17. The predicted molar refractivity (Wildman–Crippen MR) is 71.9 cm³/mol. The van der Waals surface area contributed by atoms with Crippen molar-refractivity contribution in [2.45, 2.75) is 0 Å². The lowest BCUT2D eigenvalue weighted by molar-refractivity contribution is 0.0847. The zero-order chi connectivity index (χ0) is 13.9. The van der Waals surface area contributed by atoms with Crippen LogP contribution in [0.2, 0.25) is 0 Å². The summed E-state index contributed by atoms with van der Waals surface area (Å²) in [7, 11) is 0. The van der Waals surface area contributed by atoms with Gasteiger partial charge in [-0.3, -0.25) is 20.4 Å². The fourth-order valence-corrected chi connectivity index (χ4v) is 1.91. The van der Waals surface area contributed by atoms with E-state index in [-0.39, 0.29) is 5.91 Å². The highest BCUT2D eigenvalue weighted by atomic mass is 16.3. The third kappa shape index (κ3) is 2.14. The molecule has 2 heterocycles. The van der Waals surface area contributed by atoms with E-state index in [0.29, 0.717) is 11.1 Å². The van der Waals surface area contributed by atoms with Crippen LogP contribution in [-0.2, 0) is 0 Å². The Balaban J connectivity index is 1.72. The smallest absolute Gasteiger partial charge is 0.272 e. The molecular weight excluding hydrogens is 258 g/mol. The standard InChI is InChI=1S/C14H11N3O3/c18-13(9-5-6-20-8-9)16-17-14(19)11-7-15-12-4-2-1-3-10(11)12/h1-8,15H,(H,16,18)(H,17,19). The van der Waals surface area contributed by atoms with Crippen LogP contribution in [0.25, 0.3) is 10.9 Å². The lowest BCUT2D eigenvalue weighted by Gasteiger charge is -2.05. The molecule has 3 N–H and O–H groups in total. The molecule has 0 radical (unpaired) electrons. The number of aromatic nitrogens is 1. The summed E-state index contributed by atoms with van der Waals surface area (Å²) in [5.74, 6) is -0.828. The Morgan fingerprint density at radius 1 is 1.05 bits per heavy atom. The van der Waals surface area contributed by atoms with Crippen LogP contribution < -0.4 is 10.9 Å². The van der Waals surface area contributed by atoms with Gasteiger partial charge in [0.15, 0.2) is 0 Å². The molecule has 6 nitrogen and oxygen atoms in total. The van der Waals surface area contributed by atoms with Crippen molar-refractivity contribution in [1.29, 1.82) is 0 Å². The Morgan fingerprint density at radius 3 is 2.65 bits per heavy atom. The molecule has 0 aliphatic heterocycles. The lowest BCUT2D eigenvalue weighted by Crippen LogP contribution is -2.41. The average molecular weight is 269 g/mol. The van der Waals surface area contributed by atoms with Gasteiger partial charge in [-0.1, -0.05) is 18.2 Å². The van der Waals surface area contributed by atoms with E-state index in [9.17, 15) is 9.59 Å². The van der Waals surface area contributed by atoms with Crippen molar-refractivity contribution in [3.05, 3.63) is 60.2 Å². The molecule has 20 heavy (non-hydrogen) atoms. The second kappa shape index (κ2) is 4.93. The van der Waals surface area contributed by atoms with Gasteiger partial charge in [-0.15, -0.1) is 0 Å². The first-order valence-electron chi connectivity index (χ1n) is 5.95. The molecule has 0 saturated heterocycles. The van der Waals surface area contributed by atoms with E-state index >= 15 is 0 Å². The third-order valence-corrected chi connectivity index (χ3v) is 2.91. The largest absolute Gasteiger partial charge is 0.472 e. The number of aromatic amines is 1. The van der Waals surface area contributed by atoms with Gasteiger partial charge in [-0.2, -0.15) is 0 Å². The number of furan rings is 1. The Bertz CT molecular complexity index is 759. The molecule has 0 aliphatic rings. The SMILES string of the molecule is O=C(NNC(=O)c1c[nH]c2ccccc12)c1ccoc1. The van der Waals surface area contributed by atoms with Crippen molar-refractivity contribution in [2.24, 2.45) is 0 Å². The van der Waals surface area contributed by atoms with Crippen LogP contribution in [0, 0.1) is 0 Å². The molecule has 3 rings (SSSR count). The van der Waals surface area contributed by atoms with Gasteiger partial charge in [0.1, 0.15) is 6.26 Å². The topological polar surface area (TPSA) is 87.1 Å². The first-order valence-corrected chi connectivity index (χ1v) is 5.95. The average Bonchev–Trinajstić information content (AvgIpc) is 3.13. The van der Waals surface area contributed by atoms with Gasteiger partial charge < -0.3 is 9.40 Å². The number of H-pyrrole nitrogens is 1. The van der Waals surface area contributed by atoms with Crippen molar-refractivity contribution in [3.8, 4) is 0 Å². The zero-order valence-electron chi connectivity index (χ0n) is 10.3. The Morgan fingerprint density at radius 2 is 1.85 bits per heavy atom. The summed E-state index contributed by atoms with van der Waals surface area (Å²) in [6.07, 6.45) is 4.29. The van der Waals surface area contributed by atoms with Gasteiger partial charge in [-0.05, 0) is 12.1 Å². The van der Waals surface area contributed by atoms with Crippen LogP contribution in [0.4, 0.5) is 0 Å². The van der Waals surface area contributed by atoms with E-state index in [1.54, 1.807) is 6.20 Å². The third-order valence-electron chi connectivity index (χ3n) is 2.91. The highest BCUT2D eigenvalue weighted by Gasteiger charge is 2.13. The van der Waals surface area contributed by atoms with Gasteiger partial charge in [-0.25, -0.2) is 0 Å². The molecule has 0 bridgehead atoms. The van der Waals surface area contributed by atoms with Gasteiger partial charge >= 0.3 is 0 Å². The van der Waals surface area contributed by atoms with Crippen molar-refractivity contribution < 1.29 is 14.0 Å². The number of rotatable bonds is 2. The molecule has 6 heteroatoms. The first-order chi connectivity index (χ1) is 9.75. The van der Waals surface area contributed by atoms with Gasteiger partial charge in [0.25, 0.3) is 11.8 Å². The van der Waals surface area contributed by atoms with Gasteiger partial charge in [0.2, 0.25) is 0 Å². The monoisotopic (exact) mass is 269 g/mol. The maximum Gasteiger partial charge on any atom is 0.272 e. The van der Waals surface area contributed by atoms with Crippen LogP contribution >= 0.6 is 0 Å². The van der Waals surface area contributed by atoms with Crippen LogP contribution in [0.5, 0.6) is 0 Å². The number of carbonyl (C=O) groups is 2. The summed E-state index contributed by atoms with van der Waals surface area (Å²) in [6.45, 7) is 0. The van der Waals surface area contributed by atoms with E-state index in [2.05, 4.69) is 15.8 Å². The van der Waals surface area contributed by atoms with Gasteiger partial charge in [0, 0.05) is 17.1 Å². The van der Waals surface area contributed by atoms with E-state index in [0.717, 1.165) is 10.9 Å². The number of hydrogen-bond acceptors (Lipinski definition) is 3. The highest BCUT2D eigenvalue weighted by molar-refractivity contribution is 6.07. The highest BCUT2D eigenvalue weighted by Crippen LogP contribution is 2.17. The summed E-state index contributed by atoms with van der Waals surface area (Å²) in [5.41, 5.74) is 6.35. The van der Waals surface area contributed by atoms with Crippen molar-refractivity contribution >= 4 is 22.7 Å². The molecule has 3 aromatic rings. The van der Waals surface area contributed by atoms with E-state index in [1.165, 1.54) is 18.6 Å². The molecule has 1 aromatic carbocycles. The fourth-order valence-electron chi connectivity index (χ4n) is 1.91. The Labute approximate surface area is 113 Å². The zero-order valence-corrected chi connectivity index (χ0v) is 10.3. The van der Waals surface area contributed by atoms with Crippen LogP contribution in [0.1, 0.15) is 20.7 Å². The molecule has 2 aromatic heterocycles. The maximum atomic E-state index is 12.0. The number of nitrogens with one attached hydrogen (secondary N) is 3. The molecule has 0 fully saturated rings. The number of hydrogen-bond donors (Lipinski definition) is 3. The number of fused-ring (bicyclic) bond motifs is 1. The fraction of sp³-hybridized carbons (Fsp3) is 0. The number of para-hydroxylation sites is 1. The predicted octanol–water partition coefficient (Wildman–Crippen LogP) is 1.84. The summed E-state index contributed by atoms with van der Waals surface area (Å²) in [5, 5.41) is 0.794. The number of carbonyl (C=O) groups excluding carboxylic acids is 2. The summed E-state index contributed by atoms with van der Waals surface area (Å²) in [6, 6.07) is 8.93. The van der Waals surface area contributed by atoms with Gasteiger partial charge in [0.05, 0.1) is 17.4 Å². The minimum absolute atomic E-state index is 0.337. The van der Waals surface area contributed by atoms with Crippen LogP contribution in [-0.4, -0.2) is 16.8 Å². The molecule has 100 valence electrons. The number of amides is 2. The number of benzene rings is 1. The molecular formula is C14H11N3O3. The maximum absolute atomic E-state index is 12.0. The minimum Gasteiger partial charge on any atom is -0.472 e. The van der Waals surface area contributed by atoms with Crippen LogP contribution in [0.3, 0.4) is 0 Å². The second-order valence-corrected chi connectivity index (χ2v) is 4.17. The summed E-state index contributed by atoms with van der Waals surface area (Å²) >= 11 is 0. The van der Waals surface area contributed by atoms with E-state index in [4.69, 9.17) is 4.42 Å². The minimum atomic E-state index is -0.438. The Kier molecular flexibility index (Phi) is 2.96. The lowest BCUT2D eigenvalue weighted by atomic mass is 10.2. The normalized spacial score (nSPS) is 10.4. The summed E-state index contributed by atoms with van der Waals surface area (Å²) in [4.78, 5) is 26.7. The molecule has 0 spiro atoms. The Hall–Kier alpha value is -3.02. The van der Waals surface area contributed by atoms with Crippen molar-refractivity contribution in [2.75, 3.05) is 0 Å². The molecule has 0 unspecified atom stereocenters. The molecule has 2 amide bonds. The van der Waals surface area contributed by atoms with E-state index < -0.39 is 5.91 Å². The van der Waals surface area contributed by atoms with E-state index in [1.807, 2.05) is 24.3 Å². The molecule has 0 atom stereocenters.